The van der Waals surface area contributed by atoms with Gasteiger partial charge in [0.05, 0.1) is 5.69 Å². The van der Waals surface area contributed by atoms with Gasteiger partial charge in [0.1, 0.15) is 0 Å². The summed E-state index contributed by atoms with van der Waals surface area (Å²) in [6, 6.07) is 8.89. The largest absolute Gasteiger partial charge is 0.359 e. The zero-order valence-corrected chi connectivity index (χ0v) is 10.6. The van der Waals surface area contributed by atoms with E-state index in [1.807, 2.05) is 0 Å². The first-order chi connectivity index (χ1) is 7.65. The highest BCUT2D eigenvalue weighted by atomic mass is 32.1. The van der Waals surface area contributed by atoms with Crippen molar-refractivity contribution >= 4 is 16.5 Å². The summed E-state index contributed by atoms with van der Waals surface area (Å²) >= 11 is 1.65. The summed E-state index contributed by atoms with van der Waals surface area (Å²) in [6.07, 6.45) is 0. The predicted octanol–water partition coefficient (Wildman–Crippen LogP) is 3.94. The number of anilines is 1. The average molecular weight is 232 g/mol. The number of nitrogens with zero attached hydrogens (tertiary/aromatic N) is 1. The molecule has 2 rings (SSSR count). The van der Waals surface area contributed by atoms with E-state index in [-0.39, 0.29) is 0 Å². The third kappa shape index (κ3) is 2.61. The van der Waals surface area contributed by atoms with Crippen LogP contribution < -0.4 is 5.32 Å². The van der Waals surface area contributed by atoms with Crippen LogP contribution in [-0.2, 0) is 0 Å². The molecule has 0 saturated heterocycles. The normalized spacial score (nSPS) is 10.8. The second-order valence-corrected chi connectivity index (χ2v) is 5.06. The molecule has 1 N–H and O–H groups in total. The van der Waals surface area contributed by atoms with Crippen LogP contribution in [-0.4, -0.2) is 11.0 Å². The van der Waals surface area contributed by atoms with Gasteiger partial charge in [-0.25, -0.2) is 4.98 Å². The SMILES string of the molecule is Cc1ccc(-c2csc(NC(C)C)n2)cc1. The van der Waals surface area contributed by atoms with E-state index in [2.05, 4.69) is 60.7 Å². The lowest BCUT2D eigenvalue weighted by atomic mass is 10.1. The fraction of sp³-hybridized carbons (Fsp3) is 0.308. The van der Waals surface area contributed by atoms with Gasteiger partial charge in [0.15, 0.2) is 5.13 Å². The minimum absolute atomic E-state index is 0.428. The molecule has 1 aromatic heterocycles. The molecule has 0 fully saturated rings. The van der Waals surface area contributed by atoms with E-state index in [9.17, 15) is 0 Å². The number of thiazole rings is 1. The molecule has 16 heavy (non-hydrogen) atoms. The maximum absolute atomic E-state index is 4.56. The predicted molar refractivity (Wildman–Crippen MR) is 71.0 cm³/mol. The molecule has 3 heteroatoms. The number of hydrogen-bond acceptors (Lipinski definition) is 3. The highest BCUT2D eigenvalue weighted by Crippen LogP contribution is 2.25. The first-order valence-electron chi connectivity index (χ1n) is 5.44. The van der Waals surface area contributed by atoms with Gasteiger partial charge in [0.2, 0.25) is 0 Å². The highest BCUT2D eigenvalue weighted by Gasteiger charge is 2.04. The smallest absolute Gasteiger partial charge is 0.183 e. The number of rotatable bonds is 3. The summed E-state index contributed by atoms with van der Waals surface area (Å²) in [5.41, 5.74) is 3.51. The van der Waals surface area contributed by atoms with E-state index >= 15 is 0 Å². The Kier molecular flexibility index (Phi) is 3.25. The molecule has 0 atom stereocenters. The van der Waals surface area contributed by atoms with Crippen molar-refractivity contribution in [2.75, 3.05) is 5.32 Å². The Morgan fingerprint density at radius 2 is 1.88 bits per heavy atom. The first-order valence-corrected chi connectivity index (χ1v) is 6.32. The third-order valence-electron chi connectivity index (χ3n) is 2.26. The molecule has 0 unspecified atom stereocenters. The van der Waals surface area contributed by atoms with Crippen molar-refractivity contribution in [1.82, 2.24) is 4.98 Å². The van der Waals surface area contributed by atoms with Crippen LogP contribution in [0, 0.1) is 6.92 Å². The Labute approximate surface area is 100 Å². The molecule has 0 saturated carbocycles. The van der Waals surface area contributed by atoms with Crippen LogP contribution in [0.15, 0.2) is 29.6 Å². The number of benzene rings is 1. The number of aryl methyl sites for hydroxylation is 1. The second-order valence-electron chi connectivity index (χ2n) is 4.20. The van der Waals surface area contributed by atoms with Gasteiger partial charge in [-0.3, -0.25) is 0 Å². The van der Waals surface area contributed by atoms with E-state index in [4.69, 9.17) is 0 Å². The van der Waals surface area contributed by atoms with Gasteiger partial charge in [-0.05, 0) is 20.8 Å². The Balaban J connectivity index is 2.21. The molecule has 0 aliphatic rings. The van der Waals surface area contributed by atoms with Crippen LogP contribution in [0.4, 0.5) is 5.13 Å². The molecule has 0 amide bonds. The second kappa shape index (κ2) is 4.66. The Morgan fingerprint density at radius 3 is 2.50 bits per heavy atom. The molecule has 2 nitrogen and oxygen atoms in total. The monoisotopic (exact) mass is 232 g/mol. The van der Waals surface area contributed by atoms with E-state index < -0.39 is 0 Å². The minimum Gasteiger partial charge on any atom is -0.359 e. The zero-order valence-electron chi connectivity index (χ0n) is 9.82. The average Bonchev–Trinajstić information content (AvgIpc) is 2.66. The van der Waals surface area contributed by atoms with E-state index in [1.165, 1.54) is 11.1 Å². The van der Waals surface area contributed by atoms with Crippen LogP contribution in [0.5, 0.6) is 0 Å². The number of hydrogen-bond donors (Lipinski definition) is 1. The molecule has 1 heterocycles. The highest BCUT2D eigenvalue weighted by molar-refractivity contribution is 7.14. The number of nitrogens with one attached hydrogen (secondary N) is 1. The van der Waals surface area contributed by atoms with Crippen LogP contribution >= 0.6 is 11.3 Å². The van der Waals surface area contributed by atoms with Gasteiger partial charge in [-0.15, -0.1) is 11.3 Å². The topological polar surface area (TPSA) is 24.9 Å². The molecule has 0 bridgehead atoms. The molecular weight excluding hydrogens is 216 g/mol. The van der Waals surface area contributed by atoms with Gasteiger partial charge in [-0.2, -0.15) is 0 Å². The van der Waals surface area contributed by atoms with E-state index in [0.29, 0.717) is 6.04 Å². The van der Waals surface area contributed by atoms with Crippen LogP contribution in [0.2, 0.25) is 0 Å². The van der Waals surface area contributed by atoms with Crippen molar-refractivity contribution in [1.29, 1.82) is 0 Å². The van der Waals surface area contributed by atoms with Crippen LogP contribution in [0.1, 0.15) is 19.4 Å². The maximum Gasteiger partial charge on any atom is 0.183 e. The van der Waals surface area contributed by atoms with Gasteiger partial charge in [0.25, 0.3) is 0 Å². The molecule has 1 aromatic carbocycles. The van der Waals surface area contributed by atoms with Crippen LogP contribution in [0.25, 0.3) is 11.3 Å². The zero-order chi connectivity index (χ0) is 11.5. The molecule has 0 spiro atoms. The fourth-order valence-electron chi connectivity index (χ4n) is 1.44. The van der Waals surface area contributed by atoms with E-state index in [1.54, 1.807) is 11.3 Å². The summed E-state index contributed by atoms with van der Waals surface area (Å²) in [6.45, 7) is 6.33. The molecule has 84 valence electrons. The van der Waals surface area contributed by atoms with E-state index in [0.717, 1.165) is 10.8 Å². The van der Waals surface area contributed by atoms with Crippen molar-refractivity contribution in [2.24, 2.45) is 0 Å². The lowest BCUT2D eigenvalue weighted by Crippen LogP contribution is -2.08. The Bertz CT molecular complexity index is 457. The Hall–Kier alpha value is -1.35. The third-order valence-corrected chi connectivity index (χ3v) is 3.04. The fourth-order valence-corrected chi connectivity index (χ4v) is 2.31. The summed E-state index contributed by atoms with van der Waals surface area (Å²) in [7, 11) is 0. The van der Waals surface area contributed by atoms with Crippen molar-refractivity contribution < 1.29 is 0 Å². The molecule has 0 radical (unpaired) electrons. The number of aromatic nitrogens is 1. The summed E-state index contributed by atoms with van der Waals surface area (Å²) in [5.74, 6) is 0. The van der Waals surface area contributed by atoms with Gasteiger partial charge in [-0.1, -0.05) is 29.8 Å². The van der Waals surface area contributed by atoms with Crippen molar-refractivity contribution in [2.45, 2.75) is 26.8 Å². The lowest BCUT2D eigenvalue weighted by Gasteiger charge is -2.04. The molecule has 0 aliphatic carbocycles. The van der Waals surface area contributed by atoms with Crippen molar-refractivity contribution in [3.05, 3.63) is 35.2 Å². The molecular formula is C13H16N2S. The van der Waals surface area contributed by atoms with Crippen LogP contribution in [0.3, 0.4) is 0 Å². The minimum atomic E-state index is 0.428. The van der Waals surface area contributed by atoms with Gasteiger partial charge >= 0.3 is 0 Å². The van der Waals surface area contributed by atoms with Gasteiger partial charge in [0, 0.05) is 17.0 Å². The Morgan fingerprint density at radius 1 is 1.19 bits per heavy atom. The summed E-state index contributed by atoms with van der Waals surface area (Å²) in [4.78, 5) is 4.56. The summed E-state index contributed by atoms with van der Waals surface area (Å²) < 4.78 is 0. The standard InChI is InChI=1S/C13H16N2S/c1-9(2)14-13-15-12(8-16-13)11-6-4-10(3)5-7-11/h4-9H,1-3H3,(H,14,15). The van der Waals surface area contributed by atoms with Gasteiger partial charge < -0.3 is 5.32 Å². The molecule has 0 aliphatic heterocycles. The quantitative estimate of drug-likeness (QED) is 0.867. The maximum atomic E-state index is 4.56. The molecule has 2 aromatic rings. The van der Waals surface area contributed by atoms with Crippen molar-refractivity contribution in [3.63, 3.8) is 0 Å². The summed E-state index contributed by atoms with van der Waals surface area (Å²) in [5, 5.41) is 6.40. The lowest BCUT2D eigenvalue weighted by molar-refractivity contribution is 0.897. The van der Waals surface area contributed by atoms with Crippen molar-refractivity contribution in [3.8, 4) is 11.3 Å². The first kappa shape index (κ1) is 11.1.